The molecule has 1 heterocycles. The van der Waals surface area contributed by atoms with Crippen molar-refractivity contribution in [3.63, 3.8) is 0 Å². The van der Waals surface area contributed by atoms with Crippen molar-refractivity contribution in [3.05, 3.63) is 29.8 Å². The van der Waals surface area contributed by atoms with Crippen LogP contribution in [-0.4, -0.2) is 35.9 Å². The highest BCUT2D eigenvalue weighted by Gasteiger charge is 2.58. The average molecular weight is 275 g/mol. The lowest BCUT2D eigenvalue weighted by Crippen LogP contribution is -2.52. The molecule has 1 aliphatic rings. The molecule has 0 spiro atoms. The summed E-state index contributed by atoms with van der Waals surface area (Å²) in [5.41, 5.74) is -2.24. The summed E-state index contributed by atoms with van der Waals surface area (Å²) in [6.07, 6.45) is -4.65. The molecule has 7 heteroatoms. The van der Waals surface area contributed by atoms with Gasteiger partial charge in [-0.05, 0) is 30.8 Å². The lowest BCUT2D eigenvalue weighted by Gasteiger charge is -2.31. The van der Waals surface area contributed by atoms with Gasteiger partial charge in [0.2, 0.25) is 5.60 Å². The first kappa shape index (κ1) is 13.7. The molecule has 1 fully saturated rings. The van der Waals surface area contributed by atoms with E-state index < -0.39 is 17.7 Å². The van der Waals surface area contributed by atoms with E-state index in [0.29, 0.717) is 0 Å². The molecule has 2 N–H and O–H groups in total. The van der Waals surface area contributed by atoms with E-state index in [9.17, 15) is 18.0 Å². The Kier molecular flexibility index (Phi) is 3.40. The van der Waals surface area contributed by atoms with Crippen molar-refractivity contribution in [2.75, 3.05) is 13.1 Å². The number of nitrogens with one attached hydrogen (secondary N) is 1. The Morgan fingerprint density at radius 2 is 1.95 bits per heavy atom. The minimum atomic E-state index is -4.48. The van der Waals surface area contributed by atoms with Gasteiger partial charge in [0.15, 0.2) is 0 Å². The highest BCUT2D eigenvalue weighted by molar-refractivity contribution is 5.87. The van der Waals surface area contributed by atoms with Gasteiger partial charge in [0.25, 0.3) is 0 Å². The third-order valence-electron chi connectivity index (χ3n) is 3.05. The maximum absolute atomic E-state index is 13.0. The number of aromatic carboxylic acids is 1. The fraction of sp³-hybridized carbons (Fsp3) is 0.417. The van der Waals surface area contributed by atoms with E-state index in [1.54, 1.807) is 0 Å². The van der Waals surface area contributed by atoms with Crippen LogP contribution in [0, 0.1) is 0 Å². The Morgan fingerprint density at radius 3 is 2.37 bits per heavy atom. The number of hydrogen-bond acceptors (Lipinski definition) is 3. The van der Waals surface area contributed by atoms with Crippen LogP contribution in [0.1, 0.15) is 16.8 Å². The number of ether oxygens (including phenoxy) is 1. The quantitative estimate of drug-likeness (QED) is 0.886. The van der Waals surface area contributed by atoms with Gasteiger partial charge < -0.3 is 15.2 Å². The Hall–Kier alpha value is -1.76. The molecule has 2 rings (SSSR count). The molecule has 1 atom stereocenters. The van der Waals surface area contributed by atoms with Crippen LogP contribution in [0.3, 0.4) is 0 Å². The smallest absolute Gasteiger partial charge is 0.429 e. The number of alkyl halides is 3. The summed E-state index contributed by atoms with van der Waals surface area (Å²) in [5.74, 6) is -1.13. The Balaban J connectivity index is 2.21. The van der Waals surface area contributed by atoms with Crippen LogP contribution < -0.4 is 10.1 Å². The van der Waals surface area contributed by atoms with Gasteiger partial charge in [-0.1, -0.05) is 0 Å². The fourth-order valence-corrected chi connectivity index (χ4v) is 1.95. The fourth-order valence-electron chi connectivity index (χ4n) is 1.95. The van der Waals surface area contributed by atoms with Crippen LogP contribution in [-0.2, 0) is 0 Å². The molecule has 104 valence electrons. The van der Waals surface area contributed by atoms with Gasteiger partial charge in [-0.3, -0.25) is 0 Å². The van der Waals surface area contributed by atoms with Crippen molar-refractivity contribution in [1.29, 1.82) is 0 Å². The van der Waals surface area contributed by atoms with E-state index >= 15 is 0 Å². The van der Waals surface area contributed by atoms with E-state index in [2.05, 4.69) is 5.32 Å². The van der Waals surface area contributed by atoms with Gasteiger partial charge >= 0.3 is 12.1 Å². The Labute approximate surface area is 107 Å². The minimum absolute atomic E-state index is 0.00189. The molecule has 0 saturated carbocycles. The van der Waals surface area contributed by atoms with E-state index in [0.717, 1.165) is 0 Å². The third-order valence-corrected chi connectivity index (χ3v) is 3.05. The van der Waals surface area contributed by atoms with Crippen molar-refractivity contribution < 1.29 is 27.8 Å². The summed E-state index contributed by atoms with van der Waals surface area (Å²) in [7, 11) is 0. The van der Waals surface area contributed by atoms with Gasteiger partial charge in [-0.25, -0.2) is 4.79 Å². The monoisotopic (exact) mass is 275 g/mol. The van der Waals surface area contributed by atoms with Crippen LogP contribution in [0.15, 0.2) is 24.3 Å². The molecular formula is C12H12F3NO3. The normalized spacial score (nSPS) is 23.3. The molecule has 1 aromatic carbocycles. The van der Waals surface area contributed by atoms with E-state index in [1.165, 1.54) is 24.3 Å². The molecule has 1 aromatic rings. The van der Waals surface area contributed by atoms with Crippen LogP contribution in [0.5, 0.6) is 5.75 Å². The Bertz CT molecular complexity index is 464. The van der Waals surface area contributed by atoms with Gasteiger partial charge in [0.05, 0.1) is 5.56 Å². The zero-order valence-corrected chi connectivity index (χ0v) is 9.83. The largest absolute Gasteiger partial charge is 0.478 e. The Morgan fingerprint density at radius 1 is 1.32 bits per heavy atom. The molecule has 4 nitrogen and oxygen atoms in total. The van der Waals surface area contributed by atoms with Crippen molar-refractivity contribution in [2.45, 2.75) is 18.2 Å². The second-order valence-corrected chi connectivity index (χ2v) is 4.35. The third kappa shape index (κ3) is 2.65. The molecule has 19 heavy (non-hydrogen) atoms. The van der Waals surface area contributed by atoms with Gasteiger partial charge in [0.1, 0.15) is 5.75 Å². The summed E-state index contributed by atoms with van der Waals surface area (Å²) < 4.78 is 44.2. The molecular weight excluding hydrogens is 263 g/mol. The standard InChI is InChI=1S/C12H12F3NO3/c13-12(14,15)11(5-6-16-7-11)19-9-3-1-8(2-4-9)10(17)18/h1-4,16H,5-7H2,(H,17,18). The van der Waals surface area contributed by atoms with E-state index in [-0.39, 0.29) is 30.8 Å². The van der Waals surface area contributed by atoms with Gasteiger partial charge in [-0.2, -0.15) is 13.2 Å². The van der Waals surface area contributed by atoms with E-state index in [1.807, 2.05) is 0 Å². The minimum Gasteiger partial charge on any atom is -0.478 e. The van der Waals surface area contributed by atoms with E-state index in [4.69, 9.17) is 9.84 Å². The maximum Gasteiger partial charge on any atom is 0.429 e. The molecule has 0 radical (unpaired) electrons. The van der Waals surface area contributed by atoms with Crippen molar-refractivity contribution in [3.8, 4) is 5.75 Å². The molecule has 1 saturated heterocycles. The van der Waals surface area contributed by atoms with Gasteiger partial charge in [0, 0.05) is 13.0 Å². The molecule has 0 aromatic heterocycles. The first-order chi connectivity index (χ1) is 8.84. The number of hydrogen-bond donors (Lipinski definition) is 2. The maximum atomic E-state index is 13.0. The van der Waals surface area contributed by atoms with Crippen molar-refractivity contribution in [2.24, 2.45) is 0 Å². The lowest BCUT2D eigenvalue weighted by atomic mass is 10.0. The van der Waals surface area contributed by atoms with Crippen LogP contribution >= 0.6 is 0 Å². The summed E-state index contributed by atoms with van der Waals surface area (Å²) >= 11 is 0. The number of benzene rings is 1. The van der Waals surface area contributed by atoms with Crippen LogP contribution in [0.25, 0.3) is 0 Å². The first-order valence-electron chi connectivity index (χ1n) is 5.64. The summed E-state index contributed by atoms with van der Waals surface area (Å²) in [4.78, 5) is 10.6. The molecule has 1 aliphatic heterocycles. The second kappa shape index (κ2) is 4.73. The van der Waals surface area contributed by atoms with Crippen LogP contribution in [0.2, 0.25) is 0 Å². The zero-order valence-electron chi connectivity index (χ0n) is 9.83. The predicted molar refractivity (Wildman–Crippen MR) is 60.3 cm³/mol. The lowest BCUT2D eigenvalue weighted by molar-refractivity contribution is -0.240. The first-order valence-corrected chi connectivity index (χ1v) is 5.64. The predicted octanol–water partition coefficient (Wildman–Crippen LogP) is 2.06. The van der Waals surface area contributed by atoms with Crippen molar-refractivity contribution >= 4 is 5.97 Å². The zero-order chi connectivity index (χ0) is 14.1. The summed E-state index contributed by atoms with van der Waals surface area (Å²) in [5, 5.41) is 11.3. The molecule has 0 bridgehead atoms. The molecule has 0 aliphatic carbocycles. The number of carbonyl (C=O) groups is 1. The number of halogens is 3. The topological polar surface area (TPSA) is 58.6 Å². The summed E-state index contributed by atoms with van der Waals surface area (Å²) in [6.45, 7) is -0.0795. The summed E-state index contributed by atoms with van der Waals surface area (Å²) in [6, 6.07) is 4.89. The van der Waals surface area contributed by atoms with Crippen molar-refractivity contribution in [1.82, 2.24) is 5.32 Å². The molecule has 0 amide bonds. The molecule has 1 unspecified atom stereocenters. The number of rotatable bonds is 3. The highest BCUT2D eigenvalue weighted by Crippen LogP contribution is 2.39. The second-order valence-electron chi connectivity index (χ2n) is 4.35. The van der Waals surface area contributed by atoms with Gasteiger partial charge in [-0.15, -0.1) is 0 Å². The average Bonchev–Trinajstić information content (AvgIpc) is 2.79. The number of carboxylic acids is 1. The highest BCUT2D eigenvalue weighted by atomic mass is 19.4. The number of carboxylic acid groups (broad SMARTS) is 1. The SMILES string of the molecule is O=C(O)c1ccc(OC2(C(F)(F)F)CCNC2)cc1. The van der Waals surface area contributed by atoms with Crippen LogP contribution in [0.4, 0.5) is 13.2 Å².